The number of benzene rings is 2. The van der Waals surface area contributed by atoms with Crippen LogP contribution >= 0.6 is 0 Å². The van der Waals surface area contributed by atoms with Gasteiger partial charge in [-0.15, -0.1) is 0 Å². The van der Waals surface area contributed by atoms with Crippen molar-refractivity contribution >= 4 is 28.5 Å². The van der Waals surface area contributed by atoms with Crippen molar-refractivity contribution in [1.29, 1.82) is 0 Å². The van der Waals surface area contributed by atoms with Crippen LogP contribution in [0.25, 0.3) is 22.0 Å². The summed E-state index contributed by atoms with van der Waals surface area (Å²) in [7, 11) is 1.59. The van der Waals surface area contributed by atoms with Gasteiger partial charge in [-0.3, -0.25) is 0 Å². The molecule has 1 N–H and O–H groups in total. The lowest BCUT2D eigenvalue weighted by molar-refractivity contribution is -0.160. The number of hydrogen-bond donors (Lipinski definition) is 1. The first-order valence-corrected chi connectivity index (χ1v) is 13.2. The molecule has 3 heterocycles. The van der Waals surface area contributed by atoms with Gasteiger partial charge in [-0.25, -0.2) is 14.8 Å². The van der Waals surface area contributed by atoms with E-state index in [-0.39, 0.29) is 6.04 Å². The first-order chi connectivity index (χ1) is 18.4. The Labute approximate surface area is 229 Å². The van der Waals surface area contributed by atoms with E-state index in [1.165, 1.54) is 0 Å². The highest BCUT2D eigenvalue weighted by molar-refractivity contribution is 6.08. The Balaban J connectivity index is 1.91. The summed E-state index contributed by atoms with van der Waals surface area (Å²) in [6.45, 7) is 14.7. The van der Waals surface area contributed by atoms with Gasteiger partial charge in [-0.05, 0) is 71.2 Å². The molecule has 39 heavy (non-hydrogen) atoms. The van der Waals surface area contributed by atoms with Crippen LogP contribution in [0.4, 0.5) is 11.6 Å². The summed E-state index contributed by atoms with van der Waals surface area (Å²) in [5, 5.41) is 11.5. The molecule has 8 nitrogen and oxygen atoms in total. The van der Waals surface area contributed by atoms with Gasteiger partial charge in [-0.1, -0.05) is 29.8 Å². The van der Waals surface area contributed by atoms with Gasteiger partial charge in [0.1, 0.15) is 0 Å². The summed E-state index contributed by atoms with van der Waals surface area (Å²) in [5.74, 6) is 0.0834. The summed E-state index contributed by atoms with van der Waals surface area (Å²) in [5.41, 5.74) is 6.83. The van der Waals surface area contributed by atoms with E-state index in [9.17, 15) is 9.90 Å². The average molecular weight is 529 g/mol. The molecule has 1 aliphatic rings. The average Bonchev–Trinajstić information content (AvgIpc) is 3.20. The molecule has 2 aromatic carbocycles. The Hall–Kier alpha value is -3.91. The lowest BCUT2D eigenvalue weighted by atomic mass is 9.86. The summed E-state index contributed by atoms with van der Waals surface area (Å²) in [4.78, 5) is 24.3. The zero-order chi connectivity index (χ0) is 28.2. The molecule has 4 aromatic rings. The predicted molar refractivity (Wildman–Crippen MR) is 153 cm³/mol. The van der Waals surface area contributed by atoms with Crippen molar-refractivity contribution in [3.05, 3.63) is 65.1 Å². The summed E-state index contributed by atoms with van der Waals surface area (Å²) in [6, 6.07) is 10.4. The van der Waals surface area contributed by atoms with E-state index in [1.54, 1.807) is 19.5 Å². The molecule has 1 aliphatic heterocycles. The Kier molecular flexibility index (Phi) is 6.63. The van der Waals surface area contributed by atoms with E-state index in [4.69, 9.17) is 9.47 Å². The number of aryl methyl sites for hydroxylation is 2. The Morgan fingerprint density at radius 2 is 1.74 bits per heavy atom. The number of ether oxygens (including phenoxy) is 2. The van der Waals surface area contributed by atoms with Crippen molar-refractivity contribution in [2.24, 2.45) is 0 Å². The molecule has 204 valence electrons. The summed E-state index contributed by atoms with van der Waals surface area (Å²) in [6.07, 6.45) is 2.14. The van der Waals surface area contributed by atoms with Gasteiger partial charge in [0.15, 0.2) is 11.9 Å². The minimum absolute atomic E-state index is 0.0174. The molecule has 5 rings (SSSR count). The van der Waals surface area contributed by atoms with Crippen molar-refractivity contribution < 1.29 is 19.4 Å². The van der Waals surface area contributed by atoms with Gasteiger partial charge in [0, 0.05) is 23.2 Å². The fraction of sp³-hybridized carbons (Fsp3) is 0.387. The van der Waals surface area contributed by atoms with Crippen LogP contribution in [0.1, 0.15) is 56.2 Å². The molecule has 0 unspecified atom stereocenters. The van der Waals surface area contributed by atoms with Crippen LogP contribution in [-0.2, 0) is 16.1 Å². The molecular formula is C31H36N4O4. The van der Waals surface area contributed by atoms with Crippen molar-refractivity contribution in [2.45, 2.75) is 72.8 Å². The van der Waals surface area contributed by atoms with Crippen LogP contribution in [0.2, 0.25) is 0 Å². The second kappa shape index (κ2) is 9.68. The number of anilines is 2. The lowest BCUT2D eigenvalue weighted by Crippen LogP contribution is -2.38. The van der Waals surface area contributed by atoms with Gasteiger partial charge in [-0.2, -0.15) is 0 Å². The molecule has 8 heteroatoms. The maximum Gasteiger partial charge on any atom is 0.337 e. The standard InChI is InChI=1S/C31H36N4O4/c1-17-9-11-21(12-10-17)25-23-13-18(2)34-16-19(3)35(30-32-14-22(38-8)15-33-30)26(27(23)34)20(4)24(25)28(29(36)37)39-31(5,6)7/h9-15,19,28H,16H2,1-8H3,(H,36,37)/t19-,28-/m0/s1. The Morgan fingerprint density at radius 1 is 1.10 bits per heavy atom. The van der Waals surface area contributed by atoms with Crippen LogP contribution in [0.5, 0.6) is 5.75 Å². The van der Waals surface area contributed by atoms with Crippen molar-refractivity contribution in [3.8, 4) is 16.9 Å². The minimum Gasteiger partial charge on any atom is -0.494 e. The topological polar surface area (TPSA) is 89.7 Å². The maximum atomic E-state index is 12.9. The number of hydrogen-bond acceptors (Lipinski definition) is 6. The van der Waals surface area contributed by atoms with Crippen molar-refractivity contribution in [1.82, 2.24) is 14.5 Å². The number of aliphatic carboxylic acids is 1. The predicted octanol–water partition coefficient (Wildman–Crippen LogP) is 6.51. The van der Waals surface area contributed by atoms with E-state index >= 15 is 0 Å². The van der Waals surface area contributed by atoms with E-state index in [1.807, 2.05) is 34.6 Å². The van der Waals surface area contributed by atoms with Crippen LogP contribution in [0.15, 0.2) is 42.7 Å². The molecule has 2 atom stereocenters. The third-order valence-corrected chi connectivity index (χ3v) is 7.32. The number of rotatable bonds is 6. The number of carbonyl (C=O) groups is 1. The fourth-order valence-electron chi connectivity index (χ4n) is 5.64. The van der Waals surface area contributed by atoms with Gasteiger partial charge < -0.3 is 24.0 Å². The molecule has 0 bridgehead atoms. The van der Waals surface area contributed by atoms with Crippen LogP contribution < -0.4 is 9.64 Å². The second-order valence-corrected chi connectivity index (χ2v) is 11.4. The smallest absolute Gasteiger partial charge is 0.337 e. The third kappa shape index (κ3) is 4.63. The van der Waals surface area contributed by atoms with Crippen LogP contribution in [0, 0.1) is 20.8 Å². The second-order valence-electron chi connectivity index (χ2n) is 11.4. The van der Waals surface area contributed by atoms with E-state index in [2.05, 4.69) is 63.6 Å². The fourth-order valence-corrected chi connectivity index (χ4v) is 5.64. The molecule has 2 aromatic heterocycles. The SMILES string of the molecule is COc1cnc(N2c3c(C)c([C@H](OC(C)(C)C)C(=O)O)c(-c4ccc(C)cc4)c4cc(C)n(c34)C[C@@H]2C)nc1. The van der Waals surface area contributed by atoms with E-state index < -0.39 is 17.7 Å². The van der Waals surface area contributed by atoms with E-state index in [0.29, 0.717) is 17.3 Å². The maximum absolute atomic E-state index is 12.9. The molecule has 0 amide bonds. The number of nitrogens with zero attached hydrogens (tertiary/aromatic N) is 4. The normalized spacial score (nSPS) is 16.0. The minimum atomic E-state index is -1.18. The van der Waals surface area contributed by atoms with Crippen molar-refractivity contribution in [3.63, 3.8) is 0 Å². The highest BCUT2D eigenvalue weighted by Gasteiger charge is 2.38. The monoisotopic (exact) mass is 528 g/mol. The zero-order valence-electron chi connectivity index (χ0n) is 23.9. The van der Waals surface area contributed by atoms with Crippen molar-refractivity contribution in [2.75, 3.05) is 12.0 Å². The number of carboxylic acids is 1. The first kappa shape index (κ1) is 26.7. The number of aromatic nitrogens is 3. The highest BCUT2D eigenvalue weighted by Crippen LogP contribution is 2.50. The third-order valence-electron chi connectivity index (χ3n) is 7.32. The summed E-state index contributed by atoms with van der Waals surface area (Å²) < 4.78 is 13.9. The number of methoxy groups -OCH3 is 1. The van der Waals surface area contributed by atoms with Crippen LogP contribution in [0.3, 0.4) is 0 Å². The first-order valence-electron chi connectivity index (χ1n) is 13.2. The largest absolute Gasteiger partial charge is 0.494 e. The lowest BCUT2D eigenvalue weighted by Gasteiger charge is -2.38. The molecule has 0 spiro atoms. The van der Waals surface area contributed by atoms with Crippen LogP contribution in [-0.4, -0.2) is 44.4 Å². The molecular weight excluding hydrogens is 492 g/mol. The van der Waals surface area contributed by atoms with Gasteiger partial charge in [0.25, 0.3) is 0 Å². The molecule has 0 saturated carbocycles. The molecule has 0 aliphatic carbocycles. The molecule has 0 radical (unpaired) electrons. The molecule has 0 fully saturated rings. The summed E-state index contributed by atoms with van der Waals surface area (Å²) >= 11 is 0. The van der Waals surface area contributed by atoms with E-state index in [0.717, 1.165) is 51.1 Å². The number of carboxylic acid groups (broad SMARTS) is 1. The van der Waals surface area contributed by atoms with Gasteiger partial charge in [0.2, 0.25) is 5.95 Å². The molecule has 0 saturated heterocycles. The van der Waals surface area contributed by atoms with Gasteiger partial charge in [0.05, 0.1) is 42.4 Å². The Morgan fingerprint density at radius 3 is 2.31 bits per heavy atom. The van der Waals surface area contributed by atoms with Gasteiger partial charge >= 0.3 is 5.97 Å². The quantitative estimate of drug-likeness (QED) is 0.305. The Bertz CT molecular complexity index is 1550. The zero-order valence-corrected chi connectivity index (χ0v) is 23.9. The highest BCUT2D eigenvalue weighted by atomic mass is 16.5.